The molecular formula is C20H29F2N3O. The molecule has 2 aliphatic rings. The zero-order valence-corrected chi connectivity index (χ0v) is 15.5. The van der Waals surface area contributed by atoms with E-state index in [4.69, 9.17) is 0 Å². The van der Waals surface area contributed by atoms with Crippen molar-refractivity contribution in [3.8, 4) is 0 Å². The predicted octanol–water partition coefficient (Wildman–Crippen LogP) is 2.92. The summed E-state index contributed by atoms with van der Waals surface area (Å²) in [4.78, 5) is 17.1. The molecular weight excluding hydrogens is 336 g/mol. The van der Waals surface area contributed by atoms with Crippen LogP contribution >= 0.6 is 0 Å². The van der Waals surface area contributed by atoms with E-state index in [0.29, 0.717) is 12.1 Å². The first-order valence-corrected chi connectivity index (χ1v) is 9.77. The van der Waals surface area contributed by atoms with E-state index in [9.17, 15) is 13.6 Å². The van der Waals surface area contributed by atoms with E-state index in [0.717, 1.165) is 57.9 Å². The van der Waals surface area contributed by atoms with E-state index in [1.54, 1.807) is 0 Å². The highest BCUT2D eigenvalue weighted by Crippen LogP contribution is 2.19. The molecule has 0 saturated carbocycles. The van der Waals surface area contributed by atoms with E-state index in [-0.39, 0.29) is 18.0 Å². The number of rotatable bonds is 5. The molecule has 2 fully saturated rings. The third kappa shape index (κ3) is 5.01. The molecule has 0 bridgehead atoms. The molecule has 0 spiro atoms. The zero-order chi connectivity index (χ0) is 18.5. The fourth-order valence-corrected chi connectivity index (χ4v) is 4.16. The maximum atomic E-state index is 13.3. The molecule has 1 aromatic rings. The van der Waals surface area contributed by atoms with Gasteiger partial charge in [-0.2, -0.15) is 0 Å². The lowest BCUT2D eigenvalue weighted by molar-refractivity contribution is -0.128. The maximum absolute atomic E-state index is 13.3. The number of amides is 1. The molecule has 0 aromatic heterocycles. The van der Waals surface area contributed by atoms with Crippen molar-refractivity contribution in [2.24, 2.45) is 0 Å². The summed E-state index contributed by atoms with van der Waals surface area (Å²) in [7, 11) is 0. The van der Waals surface area contributed by atoms with Crippen LogP contribution in [0, 0.1) is 11.6 Å². The second kappa shape index (κ2) is 8.91. The summed E-state index contributed by atoms with van der Waals surface area (Å²) in [6, 6.07) is 3.89. The molecule has 2 heterocycles. The lowest BCUT2D eigenvalue weighted by Crippen LogP contribution is -2.53. The second-order valence-electron chi connectivity index (χ2n) is 7.48. The topological polar surface area (TPSA) is 35.6 Å². The first-order chi connectivity index (χ1) is 12.5. The molecule has 3 rings (SSSR count). The van der Waals surface area contributed by atoms with Gasteiger partial charge in [-0.3, -0.25) is 14.6 Å². The summed E-state index contributed by atoms with van der Waals surface area (Å²) in [6.45, 7) is 6.23. The summed E-state index contributed by atoms with van der Waals surface area (Å²) in [5.41, 5.74) is 0.658. The number of hydrogen-bond acceptors (Lipinski definition) is 3. The van der Waals surface area contributed by atoms with Crippen LogP contribution in [0.5, 0.6) is 0 Å². The molecule has 6 heteroatoms. The summed E-state index contributed by atoms with van der Waals surface area (Å²) in [6.07, 6.45) is 5.00. The molecule has 0 aliphatic carbocycles. The van der Waals surface area contributed by atoms with Crippen molar-refractivity contribution in [3.63, 3.8) is 0 Å². The van der Waals surface area contributed by atoms with Gasteiger partial charge in [0.2, 0.25) is 5.91 Å². The van der Waals surface area contributed by atoms with Gasteiger partial charge in [-0.1, -0.05) is 13.3 Å². The lowest BCUT2D eigenvalue weighted by atomic mass is 9.99. The molecule has 1 aromatic carbocycles. The summed E-state index contributed by atoms with van der Waals surface area (Å²) >= 11 is 0. The quantitative estimate of drug-likeness (QED) is 0.872. The SMILES string of the molecule is CCN1CCCCC1C(=O)NC1CCN(Cc2cc(F)cc(F)c2)CC1. The van der Waals surface area contributed by atoms with Gasteiger partial charge in [0.25, 0.3) is 0 Å². The average molecular weight is 365 g/mol. The highest BCUT2D eigenvalue weighted by Gasteiger charge is 2.29. The minimum absolute atomic E-state index is 0.0158. The number of carbonyl (C=O) groups is 1. The Morgan fingerprint density at radius 1 is 1.08 bits per heavy atom. The van der Waals surface area contributed by atoms with E-state index >= 15 is 0 Å². The van der Waals surface area contributed by atoms with Gasteiger partial charge in [0.05, 0.1) is 6.04 Å². The van der Waals surface area contributed by atoms with Gasteiger partial charge >= 0.3 is 0 Å². The fraction of sp³-hybridized carbons (Fsp3) is 0.650. The highest BCUT2D eigenvalue weighted by atomic mass is 19.1. The fourth-order valence-electron chi connectivity index (χ4n) is 4.16. The van der Waals surface area contributed by atoms with Crippen LogP contribution in [0.1, 0.15) is 44.6 Å². The van der Waals surface area contributed by atoms with E-state index < -0.39 is 11.6 Å². The minimum Gasteiger partial charge on any atom is -0.352 e. The monoisotopic (exact) mass is 365 g/mol. The van der Waals surface area contributed by atoms with E-state index in [1.807, 2.05) is 0 Å². The number of nitrogens with one attached hydrogen (secondary N) is 1. The Balaban J connectivity index is 1.46. The van der Waals surface area contributed by atoms with Crippen molar-refractivity contribution in [1.82, 2.24) is 15.1 Å². The van der Waals surface area contributed by atoms with Crippen LogP contribution in [-0.2, 0) is 11.3 Å². The molecule has 1 unspecified atom stereocenters. The van der Waals surface area contributed by atoms with Gasteiger partial charge in [0.15, 0.2) is 0 Å². The zero-order valence-electron chi connectivity index (χ0n) is 15.5. The summed E-state index contributed by atoms with van der Waals surface area (Å²) < 4.78 is 26.6. The Labute approximate surface area is 154 Å². The summed E-state index contributed by atoms with van der Waals surface area (Å²) in [5.74, 6) is -0.901. The number of likely N-dealkylation sites (N-methyl/N-ethyl adjacent to an activating group) is 1. The number of nitrogens with zero attached hydrogens (tertiary/aromatic N) is 2. The van der Waals surface area contributed by atoms with Gasteiger partial charge in [0, 0.05) is 31.7 Å². The lowest BCUT2D eigenvalue weighted by Gasteiger charge is -2.37. The van der Waals surface area contributed by atoms with Gasteiger partial charge in [-0.25, -0.2) is 8.78 Å². The Hall–Kier alpha value is -1.53. The van der Waals surface area contributed by atoms with Crippen molar-refractivity contribution < 1.29 is 13.6 Å². The standard InChI is InChI=1S/C20H29F2N3O/c1-2-25-8-4-3-5-19(25)20(26)23-18-6-9-24(10-7-18)14-15-11-16(21)13-17(22)12-15/h11-13,18-19H,2-10,14H2,1H3,(H,23,26). The Bertz CT molecular complexity index is 597. The number of likely N-dealkylation sites (tertiary alicyclic amines) is 2. The predicted molar refractivity (Wildman–Crippen MR) is 97.7 cm³/mol. The number of halogens is 2. The molecule has 2 aliphatic heterocycles. The van der Waals surface area contributed by atoms with Gasteiger partial charge in [-0.05, 0) is 56.5 Å². The molecule has 2 saturated heterocycles. The van der Waals surface area contributed by atoms with Crippen LogP contribution in [0.15, 0.2) is 18.2 Å². The second-order valence-corrected chi connectivity index (χ2v) is 7.48. The smallest absolute Gasteiger partial charge is 0.237 e. The molecule has 1 N–H and O–H groups in total. The van der Waals surface area contributed by atoms with Crippen molar-refractivity contribution in [3.05, 3.63) is 35.4 Å². The molecule has 0 radical (unpaired) electrons. The molecule has 144 valence electrons. The van der Waals surface area contributed by atoms with Crippen LogP contribution in [0.4, 0.5) is 8.78 Å². The van der Waals surface area contributed by atoms with Crippen LogP contribution < -0.4 is 5.32 Å². The number of carbonyl (C=O) groups excluding carboxylic acids is 1. The van der Waals surface area contributed by atoms with Crippen molar-refractivity contribution >= 4 is 5.91 Å². The minimum atomic E-state index is -0.532. The Morgan fingerprint density at radius 3 is 2.42 bits per heavy atom. The molecule has 1 atom stereocenters. The van der Waals surface area contributed by atoms with Crippen molar-refractivity contribution in [1.29, 1.82) is 0 Å². The van der Waals surface area contributed by atoms with Gasteiger partial charge < -0.3 is 5.32 Å². The van der Waals surface area contributed by atoms with E-state index in [1.165, 1.54) is 18.6 Å². The van der Waals surface area contributed by atoms with Crippen molar-refractivity contribution in [2.75, 3.05) is 26.2 Å². The van der Waals surface area contributed by atoms with Crippen molar-refractivity contribution in [2.45, 2.75) is 57.7 Å². The highest BCUT2D eigenvalue weighted by molar-refractivity contribution is 5.82. The third-order valence-corrected chi connectivity index (χ3v) is 5.58. The van der Waals surface area contributed by atoms with Gasteiger partial charge in [-0.15, -0.1) is 0 Å². The maximum Gasteiger partial charge on any atom is 0.237 e. The molecule has 1 amide bonds. The summed E-state index contributed by atoms with van der Waals surface area (Å²) in [5, 5.41) is 3.23. The third-order valence-electron chi connectivity index (χ3n) is 5.58. The number of piperidine rings is 2. The normalized spacial score (nSPS) is 23.1. The van der Waals surface area contributed by atoms with Crippen LogP contribution in [0.25, 0.3) is 0 Å². The van der Waals surface area contributed by atoms with Gasteiger partial charge in [0.1, 0.15) is 11.6 Å². The first kappa shape index (κ1) is 19.2. The number of hydrogen-bond donors (Lipinski definition) is 1. The Morgan fingerprint density at radius 2 is 1.77 bits per heavy atom. The number of benzene rings is 1. The molecule has 26 heavy (non-hydrogen) atoms. The first-order valence-electron chi connectivity index (χ1n) is 9.77. The largest absolute Gasteiger partial charge is 0.352 e. The van der Waals surface area contributed by atoms with E-state index in [2.05, 4.69) is 22.0 Å². The molecule has 4 nitrogen and oxygen atoms in total. The van der Waals surface area contributed by atoms with Crippen LogP contribution in [0.3, 0.4) is 0 Å². The van der Waals surface area contributed by atoms with Crippen LogP contribution in [-0.4, -0.2) is 54.0 Å². The average Bonchev–Trinajstić information content (AvgIpc) is 2.62. The Kier molecular flexibility index (Phi) is 6.59. The van der Waals surface area contributed by atoms with Crippen LogP contribution in [0.2, 0.25) is 0 Å².